The van der Waals surface area contributed by atoms with Crippen LogP contribution < -0.4 is 5.32 Å². The molecule has 2 heterocycles. The van der Waals surface area contributed by atoms with Crippen molar-refractivity contribution in [2.24, 2.45) is 0 Å². The molecule has 0 bridgehead atoms. The van der Waals surface area contributed by atoms with Crippen LogP contribution in [-0.2, 0) is 16.0 Å². The van der Waals surface area contributed by atoms with E-state index in [9.17, 15) is 9.59 Å². The predicted molar refractivity (Wildman–Crippen MR) is 92.6 cm³/mol. The van der Waals surface area contributed by atoms with Crippen molar-refractivity contribution in [3.05, 3.63) is 59.9 Å². The van der Waals surface area contributed by atoms with Crippen molar-refractivity contribution in [2.75, 3.05) is 18.9 Å². The van der Waals surface area contributed by atoms with Gasteiger partial charge in [-0.2, -0.15) is 0 Å². The van der Waals surface area contributed by atoms with E-state index in [0.29, 0.717) is 19.4 Å². The fourth-order valence-corrected chi connectivity index (χ4v) is 3.00. The van der Waals surface area contributed by atoms with E-state index in [1.54, 1.807) is 18.1 Å². The summed E-state index contributed by atoms with van der Waals surface area (Å²) in [6.07, 6.45) is 3.19. The Kier molecular flexibility index (Phi) is 4.89. The van der Waals surface area contributed by atoms with Gasteiger partial charge in [0.2, 0.25) is 11.8 Å². The lowest BCUT2D eigenvalue weighted by Gasteiger charge is -2.27. The fraction of sp³-hybridized carbons (Fsp3) is 0.316. The van der Waals surface area contributed by atoms with Gasteiger partial charge in [-0.15, -0.1) is 0 Å². The molecule has 1 aliphatic rings. The van der Waals surface area contributed by atoms with Crippen LogP contribution in [0.2, 0.25) is 0 Å². The van der Waals surface area contributed by atoms with Gasteiger partial charge in [0.05, 0.1) is 0 Å². The normalized spacial score (nSPS) is 16.2. The summed E-state index contributed by atoms with van der Waals surface area (Å²) in [5, 5.41) is 2.87. The molecule has 0 fully saturated rings. The predicted octanol–water partition coefficient (Wildman–Crippen LogP) is 2.60. The highest BCUT2D eigenvalue weighted by Crippen LogP contribution is 2.34. The minimum Gasteiger partial charge on any atom is -0.345 e. The maximum Gasteiger partial charge on any atom is 0.225 e. The quantitative estimate of drug-likeness (QED) is 0.920. The monoisotopic (exact) mass is 323 g/mol. The number of anilines is 1. The molecule has 1 unspecified atom stereocenters. The largest absolute Gasteiger partial charge is 0.345 e. The molecule has 1 aromatic heterocycles. The van der Waals surface area contributed by atoms with Crippen molar-refractivity contribution >= 4 is 17.5 Å². The molecule has 1 atom stereocenters. The van der Waals surface area contributed by atoms with Crippen LogP contribution in [0.4, 0.5) is 5.69 Å². The average molecular weight is 323 g/mol. The Labute approximate surface area is 141 Å². The first-order valence-electron chi connectivity index (χ1n) is 8.16. The minimum atomic E-state index is -0.0558. The van der Waals surface area contributed by atoms with Gasteiger partial charge in [0.15, 0.2) is 0 Å². The summed E-state index contributed by atoms with van der Waals surface area (Å²) in [6.45, 7) is 0.621. The second kappa shape index (κ2) is 7.25. The number of fused-ring (bicyclic) bond motifs is 1. The van der Waals surface area contributed by atoms with E-state index in [0.717, 1.165) is 23.4 Å². The number of hydrogen-bond acceptors (Lipinski definition) is 3. The van der Waals surface area contributed by atoms with Crippen LogP contribution in [0.3, 0.4) is 0 Å². The van der Waals surface area contributed by atoms with Gasteiger partial charge in [0, 0.05) is 56.4 Å². The molecule has 0 saturated carbocycles. The highest BCUT2D eigenvalue weighted by Gasteiger charge is 2.27. The van der Waals surface area contributed by atoms with Crippen LogP contribution in [-0.4, -0.2) is 35.3 Å². The highest BCUT2D eigenvalue weighted by molar-refractivity contribution is 5.95. The topological polar surface area (TPSA) is 62.3 Å². The number of carbonyl (C=O) groups is 2. The summed E-state index contributed by atoms with van der Waals surface area (Å²) in [7, 11) is 1.81. The number of rotatable bonds is 5. The van der Waals surface area contributed by atoms with Gasteiger partial charge in [-0.1, -0.05) is 24.3 Å². The Balaban J connectivity index is 1.61. The SMILES string of the molecule is CN(CCc1ccccn1)C(=O)CC1CC(=O)Nc2ccccc21. The molecular weight excluding hydrogens is 302 g/mol. The number of para-hydroxylation sites is 1. The molecule has 1 aliphatic heterocycles. The van der Waals surface area contributed by atoms with Gasteiger partial charge in [-0.25, -0.2) is 0 Å². The van der Waals surface area contributed by atoms with Gasteiger partial charge in [0.25, 0.3) is 0 Å². The van der Waals surface area contributed by atoms with Crippen LogP contribution in [0.1, 0.15) is 30.0 Å². The molecule has 2 amide bonds. The molecule has 0 aliphatic carbocycles. The third-order valence-corrected chi connectivity index (χ3v) is 4.38. The summed E-state index contributed by atoms with van der Waals surface area (Å²) in [4.78, 5) is 30.4. The van der Waals surface area contributed by atoms with Gasteiger partial charge in [0.1, 0.15) is 0 Å². The zero-order valence-electron chi connectivity index (χ0n) is 13.7. The van der Waals surface area contributed by atoms with Gasteiger partial charge in [-0.05, 0) is 23.8 Å². The van der Waals surface area contributed by atoms with E-state index in [2.05, 4.69) is 10.3 Å². The molecule has 24 heavy (non-hydrogen) atoms. The molecule has 0 radical (unpaired) electrons. The molecule has 1 N–H and O–H groups in total. The van der Waals surface area contributed by atoms with E-state index >= 15 is 0 Å². The Morgan fingerprint density at radius 1 is 1.25 bits per heavy atom. The lowest BCUT2D eigenvalue weighted by Crippen LogP contribution is -2.32. The Morgan fingerprint density at radius 3 is 2.83 bits per heavy atom. The van der Waals surface area contributed by atoms with Crippen molar-refractivity contribution < 1.29 is 9.59 Å². The van der Waals surface area contributed by atoms with E-state index in [1.807, 2.05) is 42.5 Å². The molecule has 0 saturated heterocycles. The number of amides is 2. The Morgan fingerprint density at radius 2 is 2.04 bits per heavy atom. The van der Waals surface area contributed by atoms with Crippen molar-refractivity contribution in [1.82, 2.24) is 9.88 Å². The number of nitrogens with zero attached hydrogens (tertiary/aromatic N) is 2. The fourth-order valence-electron chi connectivity index (χ4n) is 3.00. The Hall–Kier alpha value is -2.69. The van der Waals surface area contributed by atoms with Crippen molar-refractivity contribution in [2.45, 2.75) is 25.2 Å². The van der Waals surface area contributed by atoms with Crippen LogP contribution >= 0.6 is 0 Å². The standard InChI is InChI=1S/C19H21N3O2/c1-22(11-9-15-6-4-5-10-20-15)19(24)13-14-12-18(23)21-17-8-3-2-7-16(14)17/h2-8,10,14H,9,11-13H2,1H3,(H,21,23). The van der Waals surface area contributed by atoms with E-state index in [-0.39, 0.29) is 17.7 Å². The summed E-state index contributed by atoms with van der Waals surface area (Å²) in [6, 6.07) is 13.5. The molecule has 124 valence electrons. The van der Waals surface area contributed by atoms with Gasteiger partial charge >= 0.3 is 0 Å². The third kappa shape index (κ3) is 3.79. The summed E-state index contributed by atoms with van der Waals surface area (Å²) in [5.41, 5.74) is 2.84. The first-order valence-corrected chi connectivity index (χ1v) is 8.16. The van der Waals surface area contributed by atoms with Crippen LogP contribution in [0.5, 0.6) is 0 Å². The number of carbonyl (C=O) groups excluding carboxylic acids is 2. The zero-order valence-corrected chi connectivity index (χ0v) is 13.7. The lowest BCUT2D eigenvalue weighted by molar-refractivity contribution is -0.130. The molecule has 2 aromatic rings. The first-order chi connectivity index (χ1) is 11.6. The van der Waals surface area contributed by atoms with Crippen molar-refractivity contribution in [3.8, 4) is 0 Å². The molecular formula is C19H21N3O2. The van der Waals surface area contributed by atoms with E-state index < -0.39 is 0 Å². The van der Waals surface area contributed by atoms with Crippen LogP contribution in [0.15, 0.2) is 48.7 Å². The van der Waals surface area contributed by atoms with E-state index in [1.165, 1.54) is 0 Å². The second-order valence-electron chi connectivity index (χ2n) is 6.13. The van der Waals surface area contributed by atoms with Crippen LogP contribution in [0, 0.1) is 0 Å². The maximum atomic E-state index is 12.5. The number of hydrogen-bond donors (Lipinski definition) is 1. The number of benzene rings is 1. The smallest absolute Gasteiger partial charge is 0.225 e. The summed E-state index contributed by atoms with van der Waals surface area (Å²) < 4.78 is 0. The third-order valence-electron chi connectivity index (χ3n) is 4.38. The maximum absolute atomic E-state index is 12.5. The molecule has 5 nitrogen and oxygen atoms in total. The van der Waals surface area contributed by atoms with Crippen molar-refractivity contribution in [3.63, 3.8) is 0 Å². The highest BCUT2D eigenvalue weighted by atomic mass is 16.2. The lowest BCUT2D eigenvalue weighted by atomic mass is 9.87. The molecule has 5 heteroatoms. The van der Waals surface area contributed by atoms with Gasteiger partial charge in [-0.3, -0.25) is 14.6 Å². The first kappa shape index (κ1) is 16.2. The van der Waals surface area contributed by atoms with Gasteiger partial charge < -0.3 is 10.2 Å². The number of aromatic nitrogens is 1. The molecule has 3 rings (SSSR count). The zero-order chi connectivity index (χ0) is 16.9. The summed E-state index contributed by atoms with van der Waals surface area (Å²) >= 11 is 0. The number of nitrogens with one attached hydrogen (secondary N) is 1. The number of likely N-dealkylation sites (N-methyl/N-ethyl adjacent to an activating group) is 1. The Bertz CT molecular complexity index is 730. The number of pyridine rings is 1. The van der Waals surface area contributed by atoms with Crippen LogP contribution in [0.25, 0.3) is 0 Å². The minimum absolute atomic E-state index is 0.0253. The summed E-state index contributed by atoms with van der Waals surface area (Å²) in [5.74, 6) is -0.0252. The average Bonchev–Trinajstić information content (AvgIpc) is 2.60. The van der Waals surface area contributed by atoms with Crippen molar-refractivity contribution in [1.29, 1.82) is 0 Å². The molecule has 0 spiro atoms. The second-order valence-corrected chi connectivity index (χ2v) is 6.13. The molecule has 1 aromatic carbocycles. The van der Waals surface area contributed by atoms with E-state index in [4.69, 9.17) is 0 Å².